The van der Waals surface area contributed by atoms with Gasteiger partial charge in [-0.3, -0.25) is 4.79 Å². The molecule has 1 aliphatic carbocycles. The molecule has 3 unspecified atom stereocenters. The minimum absolute atomic E-state index is 0.136. The van der Waals surface area contributed by atoms with Crippen LogP contribution < -0.4 is 11.5 Å². The van der Waals surface area contributed by atoms with Gasteiger partial charge in [-0.05, 0) is 54.0 Å². The van der Waals surface area contributed by atoms with E-state index in [1.165, 1.54) is 0 Å². The van der Waals surface area contributed by atoms with E-state index in [1.807, 2.05) is 16.8 Å². The zero-order valence-electron chi connectivity index (χ0n) is 13.0. The first-order valence-electron chi connectivity index (χ1n) is 7.90. The molecular formula is C16H24F2N2O2S. The van der Waals surface area contributed by atoms with Gasteiger partial charge in [0.2, 0.25) is 11.8 Å². The molecule has 0 spiro atoms. The second-order valence-electron chi connectivity index (χ2n) is 6.50. The molecule has 5 N–H and O–H groups in total. The Morgan fingerprint density at radius 3 is 2.61 bits per heavy atom. The molecule has 3 atom stereocenters. The molecule has 0 aliphatic heterocycles. The molecule has 0 aromatic carbocycles. The first kappa shape index (κ1) is 18.3. The lowest BCUT2D eigenvalue weighted by Gasteiger charge is -2.34. The highest BCUT2D eigenvalue weighted by Crippen LogP contribution is 2.40. The fourth-order valence-corrected chi connectivity index (χ4v) is 3.94. The van der Waals surface area contributed by atoms with Crippen molar-refractivity contribution in [1.29, 1.82) is 0 Å². The summed E-state index contributed by atoms with van der Waals surface area (Å²) in [6.07, 6.45) is -0.165. The monoisotopic (exact) mass is 346 g/mol. The predicted octanol–water partition coefficient (Wildman–Crippen LogP) is 2.30. The smallest absolute Gasteiger partial charge is 0.248 e. The van der Waals surface area contributed by atoms with E-state index in [-0.39, 0.29) is 38.0 Å². The van der Waals surface area contributed by atoms with Gasteiger partial charge >= 0.3 is 0 Å². The number of amides is 1. The molecule has 1 aromatic rings. The molecule has 1 fully saturated rings. The highest BCUT2D eigenvalue weighted by atomic mass is 32.1. The van der Waals surface area contributed by atoms with Crippen LogP contribution in [0.25, 0.3) is 0 Å². The minimum Gasteiger partial charge on any atom is -0.391 e. The topological polar surface area (TPSA) is 89.3 Å². The van der Waals surface area contributed by atoms with Gasteiger partial charge in [0.1, 0.15) is 0 Å². The second kappa shape index (κ2) is 7.68. The number of nitrogens with two attached hydrogens (primary N) is 2. The molecule has 1 aromatic heterocycles. The Morgan fingerprint density at radius 1 is 1.43 bits per heavy atom. The average molecular weight is 346 g/mol. The van der Waals surface area contributed by atoms with E-state index in [0.29, 0.717) is 6.42 Å². The Morgan fingerprint density at radius 2 is 2.09 bits per heavy atom. The molecule has 2 rings (SSSR count). The van der Waals surface area contributed by atoms with Gasteiger partial charge in [0.25, 0.3) is 0 Å². The van der Waals surface area contributed by atoms with Crippen LogP contribution in [0.3, 0.4) is 0 Å². The Balaban J connectivity index is 1.92. The van der Waals surface area contributed by atoms with Gasteiger partial charge in [0.15, 0.2) is 0 Å². The highest BCUT2D eigenvalue weighted by Gasteiger charge is 2.40. The third-order valence-corrected chi connectivity index (χ3v) is 5.47. The maximum atomic E-state index is 13.3. The van der Waals surface area contributed by atoms with Crippen LogP contribution in [0.2, 0.25) is 0 Å². The molecule has 1 heterocycles. The van der Waals surface area contributed by atoms with E-state index in [4.69, 9.17) is 11.5 Å². The fraction of sp³-hybridized carbons (Fsp3) is 0.688. The van der Waals surface area contributed by atoms with Gasteiger partial charge in [-0.25, -0.2) is 8.78 Å². The van der Waals surface area contributed by atoms with Crippen molar-refractivity contribution in [2.45, 2.75) is 56.6 Å². The lowest BCUT2D eigenvalue weighted by atomic mass is 9.75. The largest absolute Gasteiger partial charge is 0.391 e. The summed E-state index contributed by atoms with van der Waals surface area (Å²) in [6.45, 7) is 0. The Labute approximate surface area is 138 Å². The van der Waals surface area contributed by atoms with Crippen molar-refractivity contribution in [2.75, 3.05) is 0 Å². The number of alkyl halides is 2. The second-order valence-corrected chi connectivity index (χ2v) is 7.28. The number of aliphatic hydroxyl groups is 1. The summed E-state index contributed by atoms with van der Waals surface area (Å²) in [5, 5.41) is 14.2. The normalized spacial score (nSPS) is 22.4. The minimum atomic E-state index is -2.65. The van der Waals surface area contributed by atoms with E-state index in [1.54, 1.807) is 11.3 Å². The van der Waals surface area contributed by atoms with Gasteiger partial charge < -0.3 is 16.6 Å². The molecule has 130 valence electrons. The number of carbonyl (C=O) groups excluding carboxylic acids is 1. The van der Waals surface area contributed by atoms with Gasteiger partial charge in [0.05, 0.1) is 6.10 Å². The van der Waals surface area contributed by atoms with Gasteiger partial charge in [-0.1, -0.05) is 0 Å². The van der Waals surface area contributed by atoms with Gasteiger partial charge in [-0.15, -0.1) is 0 Å². The van der Waals surface area contributed by atoms with Crippen molar-refractivity contribution < 1.29 is 18.7 Å². The van der Waals surface area contributed by atoms with Gasteiger partial charge in [-0.2, -0.15) is 11.3 Å². The average Bonchev–Trinajstić information content (AvgIpc) is 2.97. The number of halogens is 2. The van der Waals surface area contributed by atoms with Crippen LogP contribution in [0.4, 0.5) is 8.78 Å². The summed E-state index contributed by atoms with van der Waals surface area (Å²) in [4.78, 5) is 11.7. The predicted molar refractivity (Wildman–Crippen MR) is 86.2 cm³/mol. The standard InChI is InChI=1S/C16H24F2N2O2S/c17-16(18)4-1-11(2-5-16)12(15(20)22)8-14(21)13(19)7-10-3-6-23-9-10/h3,6,9,11-14,21H,1-2,4-5,7-8,19H2,(H2,20,22). The van der Waals surface area contributed by atoms with Crippen molar-refractivity contribution in [3.05, 3.63) is 22.4 Å². The van der Waals surface area contributed by atoms with E-state index in [2.05, 4.69) is 0 Å². The summed E-state index contributed by atoms with van der Waals surface area (Å²) in [5.41, 5.74) is 12.5. The van der Waals surface area contributed by atoms with Crippen molar-refractivity contribution in [1.82, 2.24) is 0 Å². The maximum absolute atomic E-state index is 13.3. The third kappa shape index (κ3) is 5.22. The van der Waals surface area contributed by atoms with Crippen LogP contribution in [-0.4, -0.2) is 29.1 Å². The molecule has 1 aliphatic rings. The van der Waals surface area contributed by atoms with Crippen LogP contribution in [0.1, 0.15) is 37.7 Å². The van der Waals surface area contributed by atoms with E-state index >= 15 is 0 Å². The summed E-state index contributed by atoms with van der Waals surface area (Å²) in [7, 11) is 0. The third-order valence-electron chi connectivity index (χ3n) is 4.74. The number of hydrogen-bond donors (Lipinski definition) is 3. The SMILES string of the molecule is NC(=O)C(CC(O)C(N)Cc1ccsc1)C1CCC(F)(F)CC1. The molecular weight excluding hydrogens is 322 g/mol. The van der Waals surface area contributed by atoms with E-state index < -0.39 is 29.9 Å². The first-order chi connectivity index (χ1) is 10.8. The fourth-order valence-electron chi connectivity index (χ4n) is 3.26. The number of primary amides is 1. The molecule has 0 radical (unpaired) electrons. The molecule has 1 saturated carbocycles. The van der Waals surface area contributed by atoms with Crippen molar-refractivity contribution in [3.8, 4) is 0 Å². The van der Waals surface area contributed by atoms with Crippen LogP contribution in [0.5, 0.6) is 0 Å². The molecule has 7 heteroatoms. The maximum Gasteiger partial charge on any atom is 0.248 e. The van der Waals surface area contributed by atoms with Crippen LogP contribution >= 0.6 is 11.3 Å². The van der Waals surface area contributed by atoms with Crippen LogP contribution in [0, 0.1) is 11.8 Å². The summed E-state index contributed by atoms with van der Waals surface area (Å²) >= 11 is 1.55. The Hall–Kier alpha value is -1.05. The van der Waals surface area contributed by atoms with E-state index in [9.17, 15) is 18.7 Å². The zero-order valence-corrected chi connectivity index (χ0v) is 13.8. The molecule has 1 amide bonds. The Kier molecular flexibility index (Phi) is 6.11. The Bertz CT molecular complexity index is 500. The number of hydrogen-bond acceptors (Lipinski definition) is 4. The molecule has 23 heavy (non-hydrogen) atoms. The van der Waals surface area contributed by atoms with E-state index in [0.717, 1.165) is 5.56 Å². The van der Waals surface area contributed by atoms with Crippen molar-refractivity contribution >= 4 is 17.2 Å². The van der Waals surface area contributed by atoms with Crippen LogP contribution in [-0.2, 0) is 11.2 Å². The zero-order chi connectivity index (χ0) is 17.0. The first-order valence-corrected chi connectivity index (χ1v) is 8.84. The number of aliphatic hydroxyl groups excluding tert-OH is 1. The number of carbonyl (C=O) groups is 1. The van der Waals surface area contributed by atoms with Crippen LogP contribution in [0.15, 0.2) is 16.8 Å². The highest BCUT2D eigenvalue weighted by molar-refractivity contribution is 7.07. The van der Waals surface area contributed by atoms with Gasteiger partial charge in [0, 0.05) is 24.8 Å². The lowest BCUT2D eigenvalue weighted by molar-refractivity contribution is -0.127. The van der Waals surface area contributed by atoms with Crippen molar-refractivity contribution in [2.24, 2.45) is 23.3 Å². The lowest BCUT2D eigenvalue weighted by Crippen LogP contribution is -2.42. The molecule has 4 nitrogen and oxygen atoms in total. The summed E-state index contributed by atoms with van der Waals surface area (Å²) in [6, 6.07) is 1.43. The summed E-state index contributed by atoms with van der Waals surface area (Å²) in [5.74, 6) is -3.99. The van der Waals surface area contributed by atoms with Crippen molar-refractivity contribution in [3.63, 3.8) is 0 Å². The number of thiophene rings is 1. The molecule has 0 bridgehead atoms. The quantitative estimate of drug-likeness (QED) is 0.708. The number of rotatable bonds is 7. The molecule has 0 saturated heterocycles. The summed E-state index contributed by atoms with van der Waals surface area (Å²) < 4.78 is 26.5.